The highest BCUT2D eigenvalue weighted by atomic mass is 19.1. The van der Waals surface area contributed by atoms with Crippen LogP contribution in [0.2, 0.25) is 0 Å². The molecule has 0 atom stereocenters. The first-order valence-electron chi connectivity index (χ1n) is 11.9. The SMILES string of the molecule is Cc1cn2cc(NC(=O)c3ccc(N4CCNCC4)c4cn(Cc5ccncc5)nc34)cc(F)c2n1. The van der Waals surface area contributed by atoms with Gasteiger partial charge < -0.3 is 19.9 Å². The summed E-state index contributed by atoms with van der Waals surface area (Å²) in [5.41, 5.74) is 4.41. The van der Waals surface area contributed by atoms with E-state index in [0.29, 0.717) is 29.0 Å². The number of benzene rings is 1. The van der Waals surface area contributed by atoms with Crippen molar-refractivity contribution in [3.63, 3.8) is 0 Å². The molecule has 0 saturated carbocycles. The van der Waals surface area contributed by atoms with Crippen LogP contribution in [0.4, 0.5) is 15.8 Å². The topological polar surface area (TPSA) is 92.4 Å². The fraction of sp³-hybridized carbons (Fsp3) is 0.231. The van der Waals surface area contributed by atoms with Gasteiger partial charge in [0.2, 0.25) is 0 Å². The third kappa shape index (κ3) is 4.16. The molecule has 1 amide bonds. The highest BCUT2D eigenvalue weighted by Gasteiger charge is 2.21. The summed E-state index contributed by atoms with van der Waals surface area (Å²) in [4.78, 5) is 24.0. The second-order valence-electron chi connectivity index (χ2n) is 8.96. The summed E-state index contributed by atoms with van der Waals surface area (Å²) in [7, 11) is 0. The van der Waals surface area contributed by atoms with E-state index in [4.69, 9.17) is 5.10 Å². The lowest BCUT2D eigenvalue weighted by atomic mass is 10.1. The van der Waals surface area contributed by atoms with Crippen LogP contribution in [0.15, 0.2) is 61.3 Å². The third-order valence-corrected chi connectivity index (χ3v) is 6.38. The van der Waals surface area contributed by atoms with Crippen molar-refractivity contribution in [2.24, 2.45) is 0 Å². The van der Waals surface area contributed by atoms with Crippen molar-refractivity contribution >= 4 is 33.8 Å². The zero-order chi connectivity index (χ0) is 24.6. The minimum absolute atomic E-state index is 0.225. The molecule has 1 aromatic carbocycles. The number of nitrogens with one attached hydrogen (secondary N) is 2. The van der Waals surface area contributed by atoms with Crippen molar-refractivity contribution in [2.45, 2.75) is 13.5 Å². The number of hydrogen-bond donors (Lipinski definition) is 2. The van der Waals surface area contributed by atoms with E-state index < -0.39 is 5.82 Å². The summed E-state index contributed by atoms with van der Waals surface area (Å²) in [5.74, 6) is -0.849. The minimum Gasteiger partial charge on any atom is -0.368 e. The Bertz CT molecular complexity index is 1570. The molecular formula is C26H25FN8O. The Hall–Kier alpha value is -4.31. The van der Waals surface area contributed by atoms with Crippen molar-refractivity contribution < 1.29 is 9.18 Å². The predicted molar refractivity (Wildman–Crippen MR) is 136 cm³/mol. The Morgan fingerprint density at radius 3 is 2.72 bits per heavy atom. The van der Waals surface area contributed by atoms with Gasteiger partial charge in [-0.1, -0.05) is 0 Å². The first-order chi connectivity index (χ1) is 17.5. The van der Waals surface area contributed by atoms with E-state index >= 15 is 0 Å². The number of rotatable bonds is 5. The number of carbonyl (C=O) groups excluding carboxylic acids is 1. The number of aryl methyl sites for hydroxylation is 1. The van der Waals surface area contributed by atoms with E-state index in [2.05, 4.69) is 25.5 Å². The fourth-order valence-electron chi connectivity index (χ4n) is 4.71. The second kappa shape index (κ2) is 9.04. The van der Waals surface area contributed by atoms with E-state index in [9.17, 15) is 9.18 Å². The lowest BCUT2D eigenvalue weighted by Gasteiger charge is -2.30. The number of halogens is 1. The maximum atomic E-state index is 14.6. The molecule has 1 saturated heterocycles. The van der Waals surface area contributed by atoms with Crippen molar-refractivity contribution in [3.8, 4) is 0 Å². The molecule has 1 fully saturated rings. The molecule has 5 aromatic rings. The zero-order valence-electron chi connectivity index (χ0n) is 19.8. The van der Waals surface area contributed by atoms with E-state index in [1.807, 2.05) is 29.1 Å². The normalized spacial score (nSPS) is 14.0. The molecule has 1 aliphatic heterocycles. The molecule has 182 valence electrons. The molecule has 9 nitrogen and oxygen atoms in total. The Morgan fingerprint density at radius 2 is 1.92 bits per heavy atom. The number of nitrogens with zero attached hydrogens (tertiary/aromatic N) is 6. The maximum Gasteiger partial charge on any atom is 0.257 e. The average Bonchev–Trinajstić information content (AvgIpc) is 3.47. The van der Waals surface area contributed by atoms with Crippen LogP contribution < -0.4 is 15.5 Å². The van der Waals surface area contributed by atoms with Gasteiger partial charge in [-0.05, 0) is 36.8 Å². The van der Waals surface area contributed by atoms with Crippen molar-refractivity contribution in [1.29, 1.82) is 0 Å². The van der Waals surface area contributed by atoms with Gasteiger partial charge in [0.05, 0.1) is 23.5 Å². The van der Waals surface area contributed by atoms with Crippen LogP contribution in [0.5, 0.6) is 0 Å². The Balaban J connectivity index is 1.38. The summed E-state index contributed by atoms with van der Waals surface area (Å²) in [6.07, 6.45) is 8.87. The Kier molecular flexibility index (Phi) is 5.57. The zero-order valence-corrected chi connectivity index (χ0v) is 19.8. The van der Waals surface area contributed by atoms with Crippen LogP contribution in [0.25, 0.3) is 16.6 Å². The minimum atomic E-state index is -0.498. The molecule has 0 unspecified atom stereocenters. The maximum absolute atomic E-state index is 14.6. The molecule has 4 aromatic heterocycles. The number of anilines is 2. The molecule has 5 heterocycles. The molecule has 2 N–H and O–H groups in total. The quantitative estimate of drug-likeness (QED) is 0.398. The van der Waals surface area contributed by atoms with Crippen LogP contribution in [0, 0.1) is 12.7 Å². The highest BCUT2D eigenvalue weighted by molar-refractivity contribution is 6.13. The molecule has 1 aliphatic rings. The number of hydrogen-bond acceptors (Lipinski definition) is 6. The number of pyridine rings is 2. The summed E-state index contributed by atoms with van der Waals surface area (Å²) in [5, 5.41) is 11.9. The van der Waals surface area contributed by atoms with Crippen LogP contribution in [0.1, 0.15) is 21.6 Å². The van der Waals surface area contributed by atoms with Gasteiger partial charge in [-0.3, -0.25) is 14.5 Å². The number of imidazole rings is 1. The molecule has 10 heteroatoms. The molecule has 0 aliphatic carbocycles. The van der Waals surface area contributed by atoms with Crippen molar-refractivity contribution in [2.75, 3.05) is 36.4 Å². The molecule has 6 rings (SSSR count). The first kappa shape index (κ1) is 22.2. The van der Waals surface area contributed by atoms with Gasteiger partial charge in [0, 0.05) is 74.3 Å². The number of fused-ring (bicyclic) bond motifs is 2. The summed E-state index contributed by atoms with van der Waals surface area (Å²) in [6, 6.07) is 8.95. The standard InChI is InChI=1S/C26H25FN8O/c1-17-13-34-15-19(12-22(27)25(34)30-17)31-26(36)20-2-3-23(33-10-8-29-9-11-33)21-16-35(32-24(20)21)14-18-4-6-28-7-5-18/h2-7,12-13,15-16,29H,8-11,14H2,1H3,(H,31,36). The van der Waals surface area contributed by atoms with Crippen molar-refractivity contribution in [1.82, 2.24) is 29.5 Å². The number of aromatic nitrogens is 5. The van der Waals surface area contributed by atoms with Crippen LogP contribution >= 0.6 is 0 Å². The third-order valence-electron chi connectivity index (χ3n) is 6.38. The largest absolute Gasteiger partial charge is 0.368 e. The fourth-order valence-corrected chi connectivity index (χ4v) is 4.71. The van der Waals surface area contributed by atoms with Crippen LogP contribution in [-0.4, -0.2) is 56.2 Å². The van der Waals surface area contributed by atoms with Crippen LogP contribution in [-0.2, 0) is 6.54 Å². The molecule has 36 heavy (non-hydrogen) atoms. The first-order valence-corrected chi connectivity index (χ1v) is 11.9. The van der Waals surface area contributed by atoms with E-state index in [0.717, 1.165) is 42.8 Å². The molecule has 0 bridgehead atoms. The van der Waals surface area contributed by atoms with Crippen LogP contribution in [0.3, 0.4) is 0 Å². The van der Waals surface area contributed by atoms with Gasteiger partial charge in [0.15, 0.2) is 11.5 Å². The van der Waals surface area contributed by atoms with Gasteiger partial charge >= 0.3 is 0 Å². The number of amides is 1. The van der Waals surface area contributed by atoms with E-state index in [1.165, 1.54) is 6.07 Å². The van der Waals surface area contributed by atoms with E-state index in [-0.39, 0.29) is 11.6 Å². The predicted octanol–water partition coefficient (Wildman–Crippen LogP) is 3.24. The summed E-state index contributed by atoms with van der Waals surface area (Å²) < 4.78 is 18.0. The second-order valence-corrected chi connectivity index (χ2v) is 8.96. The smallest absolute Gasteiger partial charge is 0.257 e. The Morgan fingerprint density at radius 1 is 1.11 bits per heavy atom. The van der Waals surface area contributed by atoms with Gasteiger partial charge in [-0.25, -0.2) is 9.37 Å². The average molecular weight is 485 g/mol. The van der Waals surface area contributed by atoms with Crippen molar-refractivity contribution in [3.05, 3.63) is 84.0 Å². The number of carbonyl (C=O) groups is 1. The molecular weight excluding hydrogens is 459 g/mol. The molecule has 0 radical (unpaired) electrons. The number of piperazine rings is 1. The molecule has 0 spiro atoms. The lowest BCUT2D eigenvalue weighted by molar-refractivity contribution is 0.102. The summed E-state index contributed by atoms with van der Waals surface area (Å²) in [6.45, 7) is 5.90. The summed E-state index contributed by atoms with van der Waals surface area (Å²) >= 11 is 0. The highest BCUT2D eigenvalue weighted by Crippen LogP contribution is 2.30. The van der Waals surface area contributed by atoms with Gasteiger partial charge in [0.1, 0.15) is 5.52 Å². The van der Waals surface area contributed by atoms with Gasteiger partial charge in [-0.15, -0.1) is 0 Å². The van der Waals surface area contributed by atoms with Gasteiger partial charge in [0.25, 0.3) is 5.91 Å². The lowest BCUT2D eigenvalue weighted by Crippen LogP contribution is -2.43. The van der Waals surface area contributed by atoms with Gasteiger partial charge in [-0.2, -0.15) is 5.10 Å². The monoisotopic (exact) mass is 484 g/mol. The Labute approximate surface area is 206 Å². The van der Waals surface area contributed by atoms with E-state index in [1.54, 1.807) is 42.2 Å².